The molecule has 0 aliphatic carbocycles. The molecule has 0 spiro atoms. The van der Waals surface area contributed by atoms with Crippen molar-refractivity contribution < 1.29 is 13.2 Å². The fraction of sp³-hybridized carbons (Fsp3) is 0.435. The van der Waals surface area contributed by atoms with Crippen molar-refractivity contribution >= 4 is 27.3 Å². The van der Waals surface area contributed by atoms with E-state index in [9.17, 15) is 13.2 Å². The first kappa shape index (κ1) is 20.9. The van der Waals surface area contributed by atoms with Crippen molar-refractivity contribution in [1.82, 2.24) is 4.31 Å². The number of amides is 1. The Balaban J connectivity index is 1.29. The highest BCUT2D eigenvalue weighted by Crippen LogP contribution is 2.25. The Hall–Kier alpha value is -2.38. The number of benzene rings is 2. The molecule has 1 N–H and O–H groups in total. The zero-order chi connectivity index (χ0) is 21.0. The first-order chi connectivity index (χ1) is 14.5. The SMILES string of the molecule is O=C(Nc1ccc(N2CCCC2)cc1)C1CCN(S(=O)(=O)Cc2ccccc2)CC1. The lowest BCUT2D eigenvalue weighted by atomic mass is 9.97. The van der Waals surface area contributed by atoms with E-state index in [1.807, 2.05) is 42.5 Å². The molecule has 2 aliphatic heterocycles. The van der Waals surface area contributed by atoms with Crippen LogP contribution in [0, 0.1) is 5.92 Å². The van der Waals surface area contributed by atoms with E-state index in [0.29, 0.717) is 25.9 Å². The number of carbonyl (C=O) groups is 1. The second-order valence-electron chi connectivity index (χ2n) is 8.15. The number of hydrogen-bond acceptors (Lipinski definition) is 4. The third-order valence-electron chi connectivity index (χ3n) is 6.02. The molecule has 2 heterocycles. The van der Waals surface area contributed by atoms with Crippen LogP contribution in [0.5, 0.6) is 0 Å². The minimum atomic E-state index is -3.36. The molecule has 0 radical (unpaired) electrons. The molecule has 0 saturated carbocycles. The van der Waals surface area contributed by atoms with Gasteiger partial charge in [-0.05, 0) is 55.5 Å². The van der Waals surface area contributed by atoms with Crippen LogP contribution in [0.1, 0.15) is 31.2 Å². The number of nitrogens with one attached hydrogen (secondary N) is 1. The van der Waals surface area contributed by atoms with E-state index in [4.69, 9.17) is 0 Å². The normalized spacial score (nSPS) is 18.5. The Morgan fingerprint density at radius 2 is 1.53 bits per heavy atom. The molecule has 0 atom stereocenters. The summed E-state index contributed by atoms with van der Waals surface area (Å²) in [6, 6.07) is 17.2. The summed E-state index contributed by atoms with van der Waals surface area (Å²) in [7, 11) is -3.36. The summed E-state index contributed by atoms with van der Waals surface area (Å²) >= 11 is 0. The van der Waals surface area contributed by atoms with Crippen molar-refractivity contribution in [3.05, 3.63) is 60.2 Å². The minimum Gasteiger partial charge on any atom is -0.372 e. The Morgan fingerprint density at radius 1 is 0.900 bits per heavy atom. The van der Waals surface area contributed by atoms with Crippen molar-refractivity contribution in [2.45, 2.75) is 31.4 Å². The molecule has 2 fully saturated rings. The van der Waals surface area contributed by atoms with Crippen LogP contribution in [0.15, 0.2) is 54.6 Å². The zero-order valence-electron chi connectivity index (χ0n) is 17.2. The van der Waals surface area contributed by atoms with Crippen molar-refractivity contribution in [3.63, 3.8) is 0 Å². The first-order valence-electron chi connectivity index (χ1n) is 10.7. The highest BCUT2D eigenvalue weighted by atomic mass is 32.2. The van der Waals surface area contributed by atoms with Crippen molar-refractivity contribution in [2.75, 3.05) is 36.4 Å². The first-order valence-corrected chi connectivity index (χ1v) is 12.3. The molecule has 0 bridgehead atoms. The number of rotatable bonds is 6. The molecule has 160 valence electrons. The average molecular weight is 428 g/mol. The van der Waals surface area contributed by atoms with Gasteiger partial charge in [0.25, 0.3) is 0 Å². The van der Waals surface area contributed by atoms with Crippen LogP contribution >= 0.6 is 0 Å². The standard InChI is InChI=1S/C23H29N3O3S/c27-23(24-21-8-10-22(11-9-21)25-14-4-5-15-25)20-12-16-26(17-13-20)30(28,29)18-19-6-2-1-3-7-19/h1-3,6-11,20H,4-5,12-18H2,(H,24,27). The maximum Gasteiger partial charge on any atom is 0.227 e. The van der Waals surface area contributed by atoms with Gasteiger partial charge in [-0.1, -0.05) is 30.3 Å². The molecule has 2 aromatic rings. The number of carbonyl (C=O) groups excluding carboxylic acids is 1. The van der Waals surface area contributed by atoms with Crippen LogP contribution in [0.3, 0.4) is 0 Å². The summed E-state index contributed by atoms with van der Waals surface area (Å²) in [4.78, 5) is 15.0. The van der Waals surface area contributed by atoms with Gasteiger partial charge in [0.05, 0.1) is 5.75 Å². The van der Waals surface area contributed by atoms with Crippen LogP contribution in [-0.2, 0) is 20.6 Å². The van der Waals surface area contributed by atoms with Crippen LogP contribution in [0.2, 0.25) is 0 Å². The fourth-order valence-electron chi connectivity index (χ4n) is 4.25. The van der Waals surface area contributed by atoms with Crippen molar-refractivity contribution in [1.29, 1.82) is 0 Å². The molecule has 4 rings (SSSR count). The summed E-state index contributed by atoms with van der Waals surface area (Å²) in [5, 5.41) is 3.00. The number of hydrogen-bond donors (Lipinski definition) is 1. The smallest absolute Gasteiger partial charge is 0.227 e. The Labute approximate surface area is 178 Å². The van der Waals surface area contributed by atoms with Crippen LogP contribution < -0.4 is 10.2 Å². The molecule has 6 nitrogen and oxygen atoms in total. The van der Waals surface area contributed by atoms with E-state index in [-0.39, 0.29) is 17.6 Å². The van der Waals surface area contributed by atoms with Gasteiger partial charge in [0, 0.05) is 43.5 Å². The Bertz CT molecular complexity index is 947. The van der Waals surface area contributed by atoms with Gasteiger partial charge in [-0.25, -0.2) is 12.7 Å². The molecule has 1 amide bonds. The van der Waals surface area contributed by atoms with Crippen molar-refractivity contribution in [3.8, 4) is 0 Å². The van der Waals surface area contributed by atoms with Gasteiger partial charge in [-0.3, -0.25) is 4.79 Å². The van der Waals surface area contributed by atoms with Gasteiger partial charge in [-0.2, -0.15) is 0 Å². The second-order valence-corrected chi connectivity index (χ2v) is 10.1. The highest BCUT2D eigenvalue weighted by Gasteiger charge is 2.31. The quantitative estimate of drug-likeness (QED) is 0.766. The maximum atomic E-state index is 12.7. The third kappa shape index (κ3) is 5.02. The van der Waals surface area contributed by atoms with Gasteiger partial charge in [-0.15, -0.1) is 0 Å². The molecule has 0 aromatic heterocycles. The summed E-state index contributed by atoms with van der Waals surface area (Å²) in [5.74, 6) is -0.177. The van der Waals surface area contributed by atoms with Gasteiger partial charge in [0.1, 0.15) is 0 Å². The van der Waals surface area contributed by atoms with Crippen LogP contribution in [-0.4, -0.2) is 44.8 Å². The predicted octanol–water partition coefficient (Wildman–Crippen LogP) is 3.47. The predicted molar refractivity (Wildman–Crippen MR) is 120 cm³/mol. The molecule has 2 aromatic carbocycles. The summed E-state index contributed by atoms with van der Waals surface area (Å²) in [5.41, 5.74) is 2.78. The molecule has 2 saturated heterocycles. The largest absolute Gasteiger partial charge is 0.372 e. The second kappa shape index (κ2) is 9.18. The average Bonchev–Trinajstić information content (AvgIpc) is 3.30. The Morgan fingerprint density at radius 3 is 2.17 bits per heavy atom. The van der Waals surface area contributed by atoms with Crippen LogP contribution in [0.4, 0.5) is 11.4 Å². The van der Waals surface area contributed by atoms with Crippen molar-refractivity contribution in [2.24, 2.45) is 5.92 Å². The summed E-state index contributed by atoms with van der Waals surface area (Å²) < 4.78 is 26.9. The van der Waals surface area contributed by atoms with E-state index in [2.05, 4.69) is 22.3 Å². The van der Waals surface area contributed by atoms with Gasteiger partial charge >= 0.3 is 0 Å². The minimum absolute atomic E-state index is 0.00801. The molecular weight excluding hydrogens is 398 g/mol. The molecule has 30 heavy (non-hydrogen) atoms. The molecule has 2 aliphatic rings. The third-order valence-corrected chi connectivity index (χ3v) is 7.87. The lowest BCUT2D eigenvalue weighted by molar-refractivity contribution is -0.120. The molecule has 0 unspecified atom stereocenters. The maximum absolute atomic E-state index is 12.7. The van der Waals surface area contributed by atoms with Gasteiger partial charge < -0.3 is 10.2 Å². The van der Waals surface area contributed by atoms with Gasteiger partial charge in [0.15, 0.2) is 0 Å². The van der Waals surface area contributed by atoms with E-state index in [1.54, 1.807) is 0 Å². The zero-order valence-corrected chi connectivity index (χ0v) is 18.0. The van der Waals surface area contributed by atoms with E-state index in [0.717, 1.165) is 24.3 Å². The van der Waals surface area contributed by atoms with E-state index >= 15 is 0 Å². The summed E-state index contributed by atoms with van der Waals surface area (Å²) in [6.45, 7) is 2.97. The van der Waals surface area contributed by atoms with E-state index in [1.165, 1.54) is 22.8 Å². The summed E-state index contributed by atoms with van der Waals surface area (Å²) in [6.07, 6.45) is 3.56. The lowest BCUT2D eigenvalue weighted by Gasteiger charge is -2.30. The van der Waals surface area contributed by atoms with E-state index < -0.39 is 10.0 Å². The topological polar surface area (TPSA) is 69.7 Å². The molecular formula is C23H29N3O3S. The number of nitrogens with zero attached hydrogens (tertiary/aromatic N) is 2. The number of sulfonamides is 1. The highest BCUT2D eigenvalue weighted by molar-refractivity contribution is 7.88. The van der Waals surface area contributed by atoms with Crippen LogP contribution in [0.25, 0.3) is 0 Å². The number of anilines is 2. The molecule has 7 heteroatoms. The monoisotopic (exact) mass is 427 g/mol. The van der Waals surface area contributed by atoms with Gasteiger partial charge in [0.2, 0.25) is 15.9 Å². The Kier molecular flexibility index (Phi) is 6.39. The number of piperidine rings is 1. The lowest BCUT2D eigenvalue weighted by Crippen LogP contribution is -2.41. The fourth-order valence-corrected chi connectivity index (χ4v) is 5.81.